The van der Waals surface area contributed by atoms with Crippen LogP contribution in [0.25, 0.3) is 0 Å². The first kappa shape index (κ1) is 16.3. The molecule has 0 saturated heterocycles. The van der Waals surface area contributed by atoms with Gasteiger partial charge in [0.15, 0.2) is 5.76 Å². The monoisotopic (exact) mass is 305 g/mol. The summed E-state index contributed by atoms with van der Waals surface area (Å²) in [5, 5.41) is -0.106. The van der Waals surface area contributed by atoms with Crippen molar-refractivity contribution in [3.8, 4) is 0 Å². The maximum absolute atomic E-state index is 12.0. The number of sulfone groups is 1. The van der Waals surface area contributed by atoms with Crippen molar-refractivity contribution in [2.24, 2.45) is 4.40 Å². The van der Waals surface area contributed by atoms with Crippen molar-refractivity contribution in [3.05, 3.63) is 17.9 Å². The molecule has 1 aromatic heterocycles. The number of hydrogen-bond acceptors (Lipinski definition) is 5. The second kappa shape index (κ2) is 5.68. The maximum Gasteiger partial charge on any atom is 0.218 e. The first-order chi connectivity index (χ1) is 8.55. The Labute approximate surface area is 117 Å². The van der Waals surface area contributed by atoms with E-state index in [0.29, 0.717) is 17.9 Å². The highest BCUT2D eigenvalue weighted by Crippen LogP contribution is 2.21. The average molecular weight is 305 g/mol. The van der Waals surface area contributed by atoms with Gasteiger partial charge in [-0.1, -0.05) is 11.3 Å². The molecule has 0 radical (unpaired) electrons. The molecule has 0 aliphatic heterocycles. The van der Waals surface area contributed by atoms with Crippen LogP contribution in [0.15, 0.2) is 26.0 Å². The summed E-state index contributed by atoms with van der Waals surface area (Å²) in [6, 6.07) is 2.93. The quantitative estimate of drug-likeness (QED) is 0.631. The van der Waals surface area contributed by atoms with E-state index in [1.54, 1.807) is 6.07 Å². The van der Waals surface area contributed by atoms with Crippen LogP contribution in [0.2, 0.25) is 0 Å². The van der Waals surface area contributed by atoms with E-state index in [-0.39, 0.29) is 5.09 Å². The molecule has 1 heterocycles. The van der Waals surface area contributed by atoms with Crippen LogP contribution in [0.3, 0.4) is 0 Å². The minimum absolute atomic E-state index is 0.106. The Balaban J connectivity index is 3.12. The molecule has 108 valence electrons. The Morgan fingerprint density at radius 3 is 2.37 bits per heavy atom. The fourth-order valence-corrected chi connectivity index (χ4v) is 2.44. The van der Waals surface area contributed by atoms with Gasteiger partial charge in [0.1, 0.15) is 21.8 Å². The lowest BCUT2D eigenvalue weighted by atomic mass is 10.2. The van der Waals surface area contributed by atoms with E-state index in [0.717, 1.165) is 6.26 Å². The van der Waals surface area contributed by atoms with Crippen LogP contribution >= 0.6 is 0 Å². The third-order valence-corrected chi connectivity index (χ3v) is 4.67. The van der Waals surface area contributed by atoms with Gasteiger partial charge in [0.2, 0.25) is 14.9 Å². The SMILES string of the molecule is CC/C(=N\[S@+]([O-])C(C)(C)C)c1ccc(S(C)(=O)=O)o1. The summed E-state index contributed by atoms with van der Waals surface area (Å²) in [6.45, 7) is 7.32. The van der Waals surface area contributed by atoms with Gasteiger partial charge in [0, 0.05) is 6.26 Å². The van der Waals surface area contributed by atoms with Crippen LogP contribution in [0.4, 0.5) is 0 Å². The van der Waals surface area contributed by atoms with Crippen molar-refractivity contribution in [2.75, 3.05) is 6.26 Å². The van der Waals surface area contributed by atoms with Crippen molar-refractivity contribution in [2.45, 2.75) is 44.0 Å². The van der Waals surface area contributed by atoms with E-state index in [2.05, 4.69) is 4.40 Å². The molecule has 7 heteroatoms. The van der Waals surface area contributed by atoms with Gasteiger partial charge in [-0.2, -0.15) is 0 Å². The minimum Gasteiger partial charge on any atom is -0.591 e. The lowest BCUT2D eigenvalue weighted by molar-refractivity contribution is 0.445. The molecule has 0 amide bonds. The van der Waals surface area contributed by atoms with Gasteiger partial charge in [-0.15, -0.1) is 0 Å². The van der Waals surface area contributed by atoms with Crippen molar-refractivity contribution >= 4 is 26.9 Å². The van der Waals surface area contributed by atoms with Gasteiger partial charge in [0.05, 0.1) is 0 Å². The Morgan fingerprint density at radius 2 is 2.00 bits per heavy atom. The maximum atomic E-state index is 12.0. The molecule has 1 aromatic rings. The highest BCUT2D eigenvalue weighted by molar-refractivity contribution is 7.91. The Hall–Kier alpha value is -0.790. The molecule has 0 aliphatic carbocycles. The smallest absolute Gasteiger partial charge is 0.218 e. The molecule has 0 unspecified atom stereocenters. The van der Waals surface area contributed by atoms with Gasteiger partial charge >= 0.3 is 0 Å². The Morgan fingerprint density at radius 1 is 1.42 bits per heavy atom. The Kier molecular flexibility index (Phi) is 4.86. The van der Waals surface area contributed by atoms with Gasteiger partial charge in [0.25, 0.3) is 0 Å². The van der Waals surface area contributed by atoms with Gasteiger partial charge in [-0.25, -0.2) is 8.42 Å². The predicted molar refractivity (Wildman–Crippen MR) is 76.5 cm³/mol. The summed E-state index contributed by atoms with van der Waals surface area (Å²) in [6.07, 6.45) is 1.59. The molecule has 1 atom stereocenters. The highest BCUT2D eigenvalue weighted by Gasteiger charge is 2.28. The molecular weight excluding hydrogens is 286 g/mol. The van der Waals surface area contributed by atoms with Crippen LogP contribution < -0.4 is 0 Å². The molecule has 5 nitrogen and oxygen atoms in total. The van der Waals surface area contributed by atoms with Crippen LogP contribution in [0, 0.1) is 0 Å². The third kappa shape index (κ3) is 4.36. The first-order valence-electron chi connectivity index (χ1n) is 5.85. The molecule has 1 rings (SSSR count). The van der Waals surface area contributed by atoms with E-state index in [9.17, 15) is 13.0 Å². The number of rotatable bonds is 4. The number of hydrogen-bond donors (Lipinski definition) is 0. The van der Waals surface area contributed by atoms with Crippen molar-refractivity contribution in [1.82, 2.24) is 0 Å². The fraction of sp³-hybridized carbons (Fsp3) is 0.583. The van der Waals surface area contributed by atoms with Gasteiger partial charge in [-0.3, -0.25) is 0 Å². The van der Waals surface area contributed by atoms with E-state index >= 15 is 0 Å². The zero-order valence-corrected chi connectivity index (χ0v) is 13.4. The molecule has 0 fully saturated rings. The van der Waals surface area contributed by atoms with Crippen molar-refractivity contribution in [3.63, 3.8) is 0 Å². The van der Waals surface area contributed by atoms with Crippen molar-refractivity contribution < 1.29 is 17.4 Å². The lowest BCUT2D eigenvalue weighted by Crippen LogP contribution is -2.27. The molecule has 0 bridgehead atoms. The molecular formula is C12H19NO4S2. The zero-order valence-electron chi connectivity index (χ0n) is 11.8. The second-order valence-electron chi connectivity index (χ2n) is 5.14. The third-order valence-electron chi connectivity index (χ3n) is 2.28. The molecule has 0 aromatic carbocycles. The van der Waals surface area contributed by atoms with E-state index in [1.165, 1.54) is 6.07 Å². The minimum atomic E-state index is -3.38. The topological polar surface area (TPSA) is 82.7 Å². The normalized spacial score (nSPS) is 15.6. The second-order valence-corrected chi connectivity index (χ2v) is 9.00. The largest absolute Gasteiger partial charge is 0.591 e. The van der Waals surface area contributed by atoms with Crippen LogP contribution in [0.1, 0.15) is 39.9 Å². The molecule has 0 aliphatic rings. The fourth-order valence-electron chi connectivity index (χ4n) is 1.20. The van der Waals surface area contributed by atoms with E-state index < -0.39 is 25.9 Å². The summed E-state index contributed by atoms with van der Waals surface area (Å²) in [5.74, 6) is 0.348. The summed E-state index contributed by atoms with van der Waals surface area (Å²) in [4.78, 5) is 0. The Bertz CT molecular complexity index is 567. The molecule has 0 saturated carbocycles. The zero-order chi connectivity index (χ0) is 14.8. The average Bonchev–Trinajstić information content (AvgIpc) is 2.72. The summed E-state index contributed by atoms with van der Waals surface area (Å²) >= 11 is -1.40. The van der Waals surface area contributed by atoms with Crippen molar-refractivity contribution in [1.29, 1.82) is 0 Å². The van der Waals surface area contributed by atoms with Gasteiger partial charge in [-0.05, 0) is 39.3 Å². The molecule has 0 spiro atoms. The van der Waals surface area contributed by atoms with Crippen LogP contribution in [-0.2, 0) is 21.2 Å². The summed E-state index contributed by atoms with van der Waals surface area (Å²) in [5.41, 5.74) is 0.503. The van der Waals surface area contributed by atoms with E-state index in [4.69, 9.17) is 4.42 Å². The summed E-state index contributed by atoms with van der Waals surface area (Å²) < 4.78 is 43.6. The highest BCUT2D eigenvalue weighted by atomic mass is 32.2. The summed E-state index contributed by atoms with van der Waals surface area (Å²) in [7, 11) is -3.38. The van der Waals surface area contributed by atoms with Crippen LogP contribution in [0.5, 0.6) is 0 Å². The predicted octanol–water partition coefficient (Wildman–Crippen LogP) is 2.34. The van der Waals surface area contributed by atoms with E-state index in [1.807, 2.05) is 27.7 Å². The van der Waals surface area contributed by atoms with Gasteiger partial charge < -0.3 is 8.97 Å². The molecule has 19 heavy (non-hydrogen) atoms. The number of furan rings is 1. The lowest BCUT2D eigenvalue weighted by Gasteiger charge is -2.18. The number of nitrogens with zero attached hydrogens (tertiary/aromatic N) is 1. The first-order valence-corrected chi connectivity index (χ1v) is 8.85. The standard InChI is InChI=1S/C12H19NO4S2/c1-6-9(13-18(14)12(2,3)4)10-7-8-11(17-10)19(5,15)16/h7-8H,6H2,1-5H3/b13-9+/t18-/m1/s1. The molecule has 0 N–H and O–H groups in total. The van der Waals surface area contributed by atoms with Crippen LogP contribution in [-0.4, -0.2) is 29.7 Å².